The van der Waals surface area contributed by atoms with Crippen LogP contribution < -0.4 is 0 Å². The Hall–Kier alpha value is -1.16. The van der Waals surface area contributed by atoms with Crippen LogP contribution in [0, 0.1) is 6.92 Å². The van der Waals surface area contributed by atoms with E-state index in [2.05, 4.69) is 0 Å². The molecule has 0 heterocycles. The maximum Gasteiger partial charge on any atom is 0.276 e. The summed E-state index contributed by atoms with van der Waals surface area (Å²) in [4.78, 5) is 11.5. The van der Waals surface area contributed by atoms with Crippen LogP contribution in [0.25, 0.3) is 0 Å². The summed E-state index contributed by atoms with van der Waals surface area (Å²) in [5, 5.41) is -0.788. The normalized spacial score (nSPS) is 11.3. The fourth-order valence-corrected chi connectivity index (χ4v) is 1.83. The number of aryl methyl sites for hydroxylation is 1. The summed E-state index contributed by atoms with van der Waals surface area (Å²) in [5.41, 5.74) is 1.12. The molecule has 0 bridgehead atoms. The van der Waals surface area contributed by atoms with Gasteiger partial charge in [-0.2, -0.15) is 0 Å². The molecule has 0 aliphatic rings. The minimum Gasteiger partial charge on any atom is -0.276 e. The highest BCUT2D eigenvalue weighted by atomic mass is 32.2. The van der Waals surface area contributed by atoms with E-state index in [1.165, 1.54) is 13.0 Å². The van der Waals surface area contributed by atoms with Crippen molar-refractivity contribution in [3.63, 3.8) is 0 Å². The van der Waals surface area contributed by atoms with E-state index in [-0.39, 0.29) is 11.3 Å². The number of rotatable bonds is 2. The zero-order valence-electron chi connectivity index (χ0n) is 8.15. The molecule has 0 saturated heterocycles. The molecule has 3 nitrogen and oxygen atoms in total. The van der Waals surface area contributed by atoms with E-state index >= 15 is 0 Å². The van der Waals surface area contributed by atoms with Crippen LogP contribution in [0.5, 0.6) is 0 Å². The van der Waals surface area contributed by atoms with Crippen molar-refractivity contribution in [1.82, 2.24) is 0 Å². The zero-order valence-corrected chi connectivity index (χ0v) is 8.97. The standard InChI is InChI=1S/C10H12O3S/c1-3-14(12,13)10(11)9-6-4-5-8(2)7-9/h4-7H,3H2,1-2H3. The molecular formula is C10H12O3S. The Morgan fingerprint density at radius 2 is 2.00 bits per heavy atom. The third-order valence-corrected chi connectivity index (χ3v) is 3.48. The van der Waals surface area contributed by atoms with E-state index in [0.29, 0.717) is 0 Å². The molecule has 0 fully saturated rings. The topological polar surface area (TPSA) is 51.2 Å². The lowest BCUT2D eigenvalue weighted by atomic mass is 10.2. The van der Waals surface area contributed by atoms with Gasteiger partial charge in [0.15, 0.2) is 0 Å². The molecule has 0 unspecified atom stereocenters. The number of carbonyl (C=O) groups is 1. The Morgan fingerprint density at radius 1 is 1.36 bits per heavy atom. The molecule has 0 spiro atoms. The lowest BCUT2D eigenvalue weighted by Gasteiger charge is -2.01. The van der Waals surface area contributed by atoms with Crippen molar-refractivity contribution < 1.29 is 13.2 Å². The maximum atomic E-state index is 11.5. The number of hydrogen-bond donors (Lipinski definition) is 0. The molecule has 1 rings (SSSR count). The molecular weight excluding hydrogens is 200 g/mol. The predicted octanol–water partition coefficient (Wildman–Crippen LogP) is 1.57. The van der Waals surface area contributed by atoms with Crippen LogP contribution in [0.4, 0.5) is 0 Å². The summed E-state index contributed by atoms with van der Waals surface area (Å²) in [6, 6.07) is 6.58. The molecule has 0 N–H and O–H groups in total. The summed E-state index contributed by atoms with van der Waals surface area (Å²) in [5.74, 6) is -0.153. The van der Waals surface area contributed by atoms with Crippen molar-refractivity contribution in [2.45, 2.75) is 13.8 Å². The van der Waals surface area contributed by atoms with Crippen molar-refractivity contribution in [1.29, 1.82) is 0 Å². The van der Waals surface area contributed by atoms with Crippen molar-refractivity contribution >= 4 is 15.0 Å². The highest BCUT2D eigenvalue weighted by Crippen LogP contribution is 2.09. The van der Waals surface area contributed by atoms with E-state index in [4.69, 9.17) is 0 Å². The second-order valence-electron chi connectivity index (χ2n) is 3.06. The van der Waals surface area contributed by atoms with Crippen LogP contribution in [0.3, 0.4) is 0 Å². The number of hydrogen-bond acceptors (Lipinski definition) is 3. The van der Waals surface area contributed by atoms with Crippen molar-refractivity contribution in [3.8, 4) is 0 Å². The Labute approximate surface area is 83.7 Å². The first-order valence-electron chi connectivity index (χ1n) is 4.31. The molecule has 0 atom stereocenters. The summed E-state index contributed by atoms with van der Waals surface area (Å²) in [7, 11) is -3.61. The number of benzene rings is 1. The van der Waals surface area contributed by atoms with Gasteiger partial charge in [0.1, 0.15) is 0 Å². The molecule has 0 aromatic heterocycles. The van der Waals surface area contributed by atoms with Crippen LogP contribution in [-0.4, -0.2) is 19.3 Å². The van der Waals surface area contributed by atoms with Crippen LogP contribution >= 0.6 is 0 Å². The lowest BCUT2D eigenvalue weighted by molar-refractivity contribution is 0.107. The van der Waals surface area contributed by atoms with Gasteiger partial charge >= 0.3 is 0 Å². The van der Waals surface area contributed by atoms with Gasteiger partial charge in [0.05, 0.1) is 5.75 Å². The molecule has 1 aromatic carbocycles. The molecule has 14 heavy (non-hydrogen) atoms. The molecule has 0 aliphatic carbocycles. The van der Waals surface area contributed by atoms with E-state index < -0.39 is 15.0 Å². The smallest absolute Gasteiger partial charge is 0.276 e. The first-order chi connectivity index (χ1) is 6.47. The largest absolute Gasteiger partial charge is 0.276 e. The average molecular weight is 212 g/mol. The van der Waals surface area contributed by atoms with Crippen molar-refractivity contribution in [2.75, 3.05) is 5.75 Å². The Balaban J connectivity index is 3.14. The Kier molecular flexibility index (Phi) is 3.06. The van der Waals surface area contributed by atoms with Crippen LogP contribution in [0.2, 0.25) is 0 Å². The van der Waals surface area contributed by atoms with E-state index in [1.54, 1.807) is 12.1 Å². The molecule has 4 heteroatoms. The summed E-state index contributed by atoms with van der Waals surface area (Å²) in [6.07, 6.45) is 0. The van der Waals surface area contributed by atoms with Crippen molar-refractivity contribution in [3.05, 3.63) is 35.4 Å². The predicted molar refractivity (Wildman–Crippen MR) is 55.0 cm³/mol. The van der Waals surface area contributed by atoms with Gasteiger partial charge in [0.2, 0.25) is 9.84 Å². The summed E-state index contributed by atoms with van der Waals surface area (Å²) < 4.78 is 22.5. The third kappa shape index (κ3) is 2.20. The fourth-order valence-electron chi connectivity index (χ4n) is 1.08. The minimum atomic E-state index is -3.61. The molecule has 0 aliphatic heterocycles. The Bertz CT molecular complexity index is 446. The SMILES string of the molecule is CCS(=O)(=O)C(=O)c1cccc(C)c1. The van der Waals surface area contributed by atoms with Gasteiger partial charge in [0, 0.05) is 5.56 Å². The minimum absolute atomic E-state index is 0.153. The van der Waals surface area contributed by atoms with E-state index in [9.17, 15) is 13.2 Å². The number of sulfone groups is 1. The Morgan fingerprint density at radius 3 is 2.50 bits per heavy atom. The van der Waals surface area contributed by atoms with Gasteiger partial charge in [-0.05, 0) is 13.0 Å². The van der Waals surface area contributed by atoms with Crippen LogP contribution in [0.1, 0.15) is 22.8 Å². The number of carbonyl (C=O) groups excluding carboxylic acids is 1. The van der Waals surface area contributed by atoms with Gasteiger partial charge in [-0.3, -0.25) is 4.79 Å². The molecule has 0 saturated carbocycles. The van der Waals surface area contributed by atoms with Gasteiger partial charge in [-0.1, -0.05) is 30.7 Å². The van der Waals surface area contributed by atoms with Gasteiger partial charge in [-0.25, -0.2) is 8.42 Å². The third-order valence-electron chi connectivity index (χ3n) is 1.92. The highest BCUT2D eigenvalue weighted by Gasteiger charge is 2.21. The van der Waals surface area contributed by atoms with Crippen LogP contribution in [0.15, 0.2) is 24.3 Å². The van der Waals surface area contributed by atoms with Crippen LogP contribution in [-0.2, 0) is 9.84 Å². The monoisotopic (exact) mass is 212 g/mol. The summed E-state index contributed by atoms with van der Waals surface area (Å²) in [6.45, 7) is 3.28. The maximum absolute atomic E-state index is 11.5. The van der Waals surface area contributed by atoms with Gasteiger partial charge < -0.3 is 0 Å². The first kappa shape index (κ1) is 10.9. The molecule has 0 amide bonds. The zero-order chi connectivity index (χ0) is 10.8. The quantitative estimate of drug-likeness (QED) is 0.747. The second-order valence-corrected chi connectivity index (χ2v) is 5.24. The van der Waals surface area contributed by atoms with E-state index in [0.717, 1.165) is 5.56 Å². The fraction of sp³-hybridized carbons (Fsp3) is 0.300. The van der Waals surface area contributed by atoms with Crippen molar-refractivity contribution in [2.24, 2.45) is 0 Å². The van der Waals surface area contributed by atoms with E-state index in [1.807, 2.05) is 13.0 Å². The van der Waals surface area contributed by atoms with Gasteiger partial charge in [0.25, 0.3) is 5.12 Å². The second kappa shape index (κ2) is 3.92. The lowest BCUT2D eigenvalue weighted by Crippen LogP contribution is -2.16. The van der Waals surface area contributed by atoms with Gasteiger partial charge in [-0.15, -0.1) is 0 Å². The molecule has 76 valence electrons. The molecule has 0 radical (unpaired) electrons. The average Bonchev–Trinajstić information content (AvgIpc) is 2.16. The summed E-state index contributed by atoms with van der Waals surface area (Å²) >= 11 is 0. The first-order valence-corrected chi connectivity index (χ1v) is 5.96. The highest BCUT2D eigenvalue weighted by molar-refractivity contribution is 8.06. The molecule has 1 aromatic rings.